The lowest BCUT2D eigenvalue weighted by molar-refractivity contribution is -0.384. The number of hydrogen-bond acceptors (Lipinski definition) is 6. The Labute approximate surface area is 166 Å². The molecule has 0 radical (unpaired) electrons. The summed E-state index contributed by atoms with van der Waals surface area (Å²) in [6, 6.07) is 12.4. The zero-order chi connectivity index (χ0) is 21.1. The molecule has 2 aromatic carbocycles. The Bertz CT molecular complexity index is 1030. The molecule has 1 aliphatic rings. The molecular formula is C20H18N4O5. The van der Waals surface area contributed by atoms with E-state index in [4.69, 9.17) is 0 Å². The molecule has 3 rings (SSSR count). The average molecular weight is 394 g/mol. The van der Waals surface area contributed by atoms with E-state index in [1.165, 1.54) is 18.2 Å². The van der Waals surface area contributed by atoms with E-state index >= 15 is 0 Å². The van der Waals surface area contributed by atoms with Gasteiger partial charge >= 0.3 is 6.03 Å². The fourth-order valence-electron chi connectivity index (χ4n) is 2.92. The number of nitro benzene ring substituents is 1. The van der Waals surface area contributed by atoms with Crippen molar-refractivity contribution in [2.75, 3.05) is 19.0 Å². The van der Waals surface area contributed by atoms with Gasteiger partial charge in [-0.2, -0.15) is 0 Å². The third kappa shape index (κ3) is 4.13. The van der Waals surface area contributed by atoms with Crippen LogP contribution in [0.25, 0.3) is 6.08 Å². The zero-order valence-electron chi connectivity index (χ0n) is 15.8. The van der Waals surface area contributed by atoms with Crippen LogP contribution < -0.4 is 10.2 Å². The van der Waals surface area contributed by atoms with Gasteiger partial charge in [-0.05, 0) is 23.3 Å². The first kappa shape index (κ1) is 19.7. The number of imide groups is 2. The largest absolute Gasteiger partial charge is 0.372 e. The second kappa shape index (κ2) is 7.93. The van der Waals surface area contributed by atoms with E-state index in [-0.39, 0.29) is 17.8 Å². The number of nitrogens with zero attached hydrogens (tertiary/aromatic N) is 3. The van der Waals surface area contributed by atoms with E-state index in [2.05, 4.69) is 5.32 Å². The maximum Gasteiger partial charge on any atom is 0.331 e. The SMILES string of the molecule is CN(C)c1ccc(/C=C2/C(=O)NC(=O)N(Cc3ccccc3)C2=O)cc1[N+](=O)[O-]. The molecule has 0 bridgehead atoms. The smallest absolute Gasteiger partial charge is 0.331 e. The van der Waals surface area contributed by atoms with Crippen molar-refractivity contribution in [1.82, 2.24) is 10.2 Å². The molecule has 1 heterocycles. The summed E-state index contributed by atoms with van der Waals surface area (Å²) >= 11 is 0. The first-order valence-corrected chi connectivity index (χ1v) is 8.66. The molecule has 1 N–H and O–H groups in total. The Morgan fingerprint density at radius 2 is 1.79 bits per heavy atom. The Kier molecular flexibility index (Phi) is 5.40. The maximum absolute atomic E-state index is 12.8. The van der Waals surface area contributed by atoms with Gasteiger partial charge in [0.2, 0.25) is 0 Å². The van der Waals surface area contributed by atoms with Crippen LogP contribution in [0.2, 0.25) is 0 Å². The second-order valence-electron chi connectivity index (χ2n) is 6.59. The predicted octanol–water partition coefficient (Wildman–Crippen LogP) is 2.32. The molecule has 0 unspecified atom stereocenters. The average Bonchev–Trinajstić information content (AvgIpc) is 2.69. The zero-order valence-corrected chi connectivity index (χ0v) is 15.8. The highest BCUT2D eigenvalue weighted by Crippen LogP contribution is 2.29. The van der Waals surface area contributed by atoms with Crippen LogP contribution in [0.5, 0.6) is 0 Å². The topological polar surface area (TPSA) is 113 Å². The number of nitro groups is 1. The molecule has 29 heavy (non-hydrogen) atoms. The standard InChI is InChI=1S/C20H18N4O5/c1-22(2)16-9-8-14(11-17(16)24(28)29)10-15-18(25)21-20(27)23(19(15)26)12-13-6-4-3-5-7-13/h3-11H,12H2,1-2H3,(H,21,25,27)/b15-10-. The van der Waals surface area contributed by atoms with Crippen molar-refractivity contribution in [3.8, 4) is 0 Å². The van der Waals surface area contributed by atoms with Crippen LogP contribution in [0.15, 0.2) is 54.1 Å². The molecule has 0 aromatic heterocycles. The normalized spacial score (nSPS) is 15.4. The van der Waals surface area contributed by atoms with Crippen molar-refractivity contribution in [1.29, 1.82) is 0 Å². The van der Waals surface area contributed by atoms with Crippen molar-refractivity contribution in [3.63, 3.8) is 0 Å². The van der Waals surface area contributed by atoms with Crippen LogP contribution in [-0.2, 0) is 16.1 Å². The highest BCUT2D eigenvalue weighted by Gasteiger charge is 2.35. The van der Waals surface area contributed by atoms with E-state index in [1.807, 2.05) is 0 Å². The number of nitrogens with one attached hydrogen (secondary N) is 1. The number of amides is 4. The Hall–Kier alpha value is -4.01. The molecular weight excluding hydrogens is 376 g/mol. The lowest BCUT2D eigenvalue weighted by atomic mass is 10.1. The summed E-state index contributed by atoms with van der Waals surface area (Å²) in [4.78, 5) is 50.5. The summed E-state index contributed by atoms with van der Waals surface area (Å²) in [5, 5.41) is 13.5. The van der Waals surface area contributed by atoms with Gasteiger partial charge in [-0.1, -0.05) is 36.4 Å². The number of anilines is 1. The summed E-state index contributed by atoms with van der Waals surface area (Å²) in [5.41, 5.74) is 0.973. The van der Waals surface area contributed by atoms with Crippen molar-refractivity contribution in [2.45, 2.75) is 6.54 Å². The van der Waals surface area contributed by atoms with Gasteiger partial charge in [-0.25, -0.2) is 4.79 Å². The van der Waals surface area contributed by atoms with Gasteiger partial charge < -0.3 is 4.90 Å². The van der Waals surface area contributed by atoms with Crippen molar-refractivity contribution >= 4 is 35.3 Å². The lowest BCUT2D eigenvalue weighted by Gasteiger charge is -2.26. The van der Waals surface area contributed by atoms with Crippen LogP contribution >= 0.6 is 0 Å². The Morgan fingerprint density at radius 1 is 1.10 bits per heavy atom. The van der Waals surface area contributed by atoms with E-state index in [9.17, 15) is 24.5 Å². The molecule has 9 heteroatoms. The van der Waals surface area contributed by atoms with Crippen LogP contribution in [-0.4, -0.2) is 41.8 Å². The number of benzene rings is 2. The maximum atomic E-state index is 12.8. The monoisotopic (exact) mass is 394 g/mol. The van der Waals surface area contributed by atoms with Gasteiger partial charge in [-0.3, -0.25) is 29.9 Å². The van der Waals surface area contributed by atoms with Crippen LogP contribution in [0.3, 0.4) is 0 Å². The highest BCUT2D eigenvalue weighted by molar-refractivity contribution is 6.31. The van der Waals surface area contributed by atoms with Crippen LogP contribution in [0.4, 0.5) is 16.2 Å². The first-order chi connectivity index (χ1) is 13.8. The summed E-state index contributed by atoms with van der Waals surface area (Å²) in [7, 11) is 3.34. The minimum Gasteiger partial charge on any atom is -0.372 e. The van der Waals surface area contributed by atoms with Crippen LogP contribution in [0.1, 0.15) is 11.1 Å². The number of hydrogen-bond donors (Lipinski definition) is 1. The first-order valence-electron chi connectivity index (χ1n) is 8.66. The number of rotatable bonds is 5. The van der Waals surface area contributed by atoms with E-state index < -0.39 is 22.8 Å². The molecule has 1 saturated heterocycles. The Morgan fingerprint density at radius 3 is 2.41 bits per heavy atom. The van der Waals surface area contributed by atoms with E-state index in [0.29, 0.717) is 11.3 Å². The third-order valence-electron chi connectivity index (χ3n) is 4.36. The summed E-state index contributed by atoms with van der Waals surface area (Å²) in [6.45, 7) is -0.00413. The number of barbiturate groups is 1. The van der Waals surface area contributed by atoms with Crippen LogP contribution in [0, 0.1) is 10.1 Å². The summed E-state index contributed by atoms with van der Waals surface area (Å²) in [5.74, 6) is -1.61. The second-order valence-corrected chi connectivity index (χ2v) is 6.59. The minimum absolute atomic E-state index is 0.00413. The molecule has 9 nitrogen and oxygen atoms in total. The Balaban J connectivity index is 1.96. The number of carbonyl (C=O) groups is 3. The molecule has 148 valence electrons. The molecule has 0 spiro atoms. The van der Waals surface area contributed by atoms with E-state index in [0.717, 1.165) is 10.5 Å². The molecule has 4 amide bonds. The third-order valence-corrected chi connectivity index (χ3v) is 4.36. The molecule has 0 saturated carbocycles. The van der Waals surface area contributed by atoms with Gasteiger partial charge in [0.1, 0.15) is 11.3 Å². The van der Waals surface area contributed by atoms with Gasteiger partial charge in [0.05, 0.1) is 11.5 Å². The summed E-state index contributed by atoms with van der Waals surface area (Å²) in [6.07, 6.45) is 1.24. The van der Waals surface area contributed by atoms with Crippen molar-refractivity contribution in [3.05, 3.63) is 75.3 Å². The van der Waals surface area contributed by atoms with Gasteiger partial charge in [0.25, 0.3) is 17.5 Å². The summed E-state index contributed by atoms with van der Waals surface area (Å²) < 4.78 is 0. The quantitative estimate of drug-likeness (QED) is 0.360. The molecule has 1 aliphatic heterocycles. The fraction of sp³-hybridized carbons (Fsp3) is 0.150. The van der Waals surface area contributed by atoms with Crippen molar-refractivity contribution in [2.24, 2.45) is 0 Å². The fourth-order valence-corrected chi connectivity index (χ4v) is 2.92. The molecule has 0 atom stereocenters. The van der Waals surface area contributed by atoms with Crippen molar-refractivity contribution < 1.29 is 19.3 Å². The molecule has 1 fully saturated rings. The minimum atomic E-state index is -0.844. The number of carbonyl (C=O) groups excluding carboxylic acids is 3. The van der Waals surface area contributed by atoms with Gasteiger partial charge in [0.15, 0.2) is 0 Å². The molecule has 0 aliphatic carbocycles. The number of urea groups is 1. The molecule has 2 aromatic rings. The predicted molar refractivity (Wildman–Crippen MR) is 106 cm³/mol. The van der Waals surface area contributed by atoms with Gasteiger partial charge in [-0.15, -0.1) is 0 Å². The lowest BCUT2D eigenvalue weighted by Crippen LogP contribution is -2.53. The van der Waals surface area contributed by atoms with E-state index in [1.54, 1.807) is 55.4 Å². The highest BCUT2D eigenvalue weighted by atomic mass is 16.6. The van der Waals surface area contributed by atoms with Gasteiger partial charge in [0, 0.05) is 20.2 Å².